The molecule has 0 spiro atoms. The molecule has 0 saturated heterocycles. The van der Waals surface area contributed by atoms with Crippen LogP contribution >= 0.6 is 0 Å². The molecule has 0 bridgehead atoms. The molecule has 0 aromatic heterocycles. The number of benzene rings is 1. The van der Waals surface area contributed by atoms with Gasteiger partial charge in [-0.3, -0.25) is 4.90 Å². The Morgan fingerprint density at radius 2 is 1.94 bits per heavy atom. The van der Waals surface area contributed by atoms with Crippen LogP contribution in [-0.4, -0.2) is 31.6 Å². The fraction of sp³-hybridized carbons (Fsp3) is 0.600. The third-order valence-corrected chi connectivity index (χ3v) is 3.52. The van der Waals surface area contributed by atoms with Gasteiger partial charge in [-0.15, -0.1) is 0 Å². The van der Waals surface area contributed by atoms with Crippen LogP contribution in [0.15, 0.2) is 24.3 Å². The number of rotatable bonds is 4. The first-order chi connectivity index (χ1) is 8.11. The predicted octanol–water partition coefficient (Wildman–Crippen LogP) is 2.29. The average molecular weight is 232 g/mol. The van der Waals surface area contributed by atoms with E-state index < -0.39 is 0 Å². The lowest BCUT2D eigenvalue weighted by atomic mass is 9.91. The summed E-state index contributed by atoms with van der Waals surface area (Å²) in [5, 5.41) is 3.29. The van der Waals surface area contributed by atoms with Crippen molar-refractivity contribution < 1.29 is 0 Å². The molecule has 1 aromatic rings. The number of fused-ring (bicyclic) bond motifs is 1. The summed E-state index contributed by atoms with van der Waals surface area (Å²) >= 11 is 0. The summed E-state index contributed by atoms with van der Waals surface area (Å²) in [5.74, 6) is 0. The number of hydrogen-bond acceptors (Lipinski definition) is 2. The smallest absolute Gasteiger partial charge is 0.0236 e. The Labute approximate surface area is 105 Å². The molecule has 0 atom stereocenters. The van der Waals surface area contributed by atoms with Crippen LogP contribution in [0.4, 0.5) is 0 Å². The zero-order valence-corrected chi connectivity index (χ0v) is 11.3. The molecule has 1 N–H and O–H groups in total. The van der Waals surface area contributed by atoms with Gasteiger partial charge >= 0.3 is 0 Å². The highest BCUT2D eigenvalue weighted by molar-refractivity contribution is 5.29. The van der Waals surface area contributed by atoms with Crippen LogP contribution in [0.2, 0.25) is 0 Å². The van der Waals surface area contributed by atoms with Crippen molar-refractivity contribution in [3.63, 3.8) is 0 Å². The van der Waals surface area contributed by atoms with Gasteiger partial charge in [-0.25, -0.2) is 0 Å². The topological polar surface area (TPSA) is 15.3 Å². The van der Waals surface area contributed by atoms with Gasteiger partial charge in [0.15, 0.2) is 0 Å². The third kappa shape index (κ3) is 3.30. The lowest BCUT2D eigenvalue weighted by Gasteiger charge is -2.35. The van der Waals surface area contributed by atoms with Crippen molar-refractivity contribution in [3.05, 3.63) is 35.4 Å². The van der Waals surface area contributed by atoms with E-state index in [1.807, 2.05) is 7.05 Å². The molecule has 1 aromatic carbocycles. The van der Waals surface area contributed by atoms with Crippen LogP contribution in [0.25, 0.3) is 0 Å². The van der Waals surface area contributed by atoms with Crippen molar-refractivity contribution >= 4 is 0 Å². The standard InChI is InChI=1S/C15H24N2/c1-15(2,11-16-3)12-17-9-8-13-6-4-5-7-14(13)10-17/h4-7,16H,8-12H2,1-3H3. The van der Waals surface area contributed by atoms with Gasteiger partial charge < -0.3 is 5.32 Å². The molecule has 0 fully saturated rings. The van der Waals surface area contributed by atoms with Crippen molar-refractivity contribution in [2.75, 3.05) is 26.7 Å². The van der Waals surface area contributed by atoms with E-state index in [4.69, 9.17) is 0 Å². The summed E-state index contributed by atoms with van der Waals surface area (Å²) < 4.78 is 0. The fourth-order valence-electron chi connectivity index (χ4n) is 2.83. The highest BCUT2D eigenvalue weighted by Crippen LogP contribution is 2.23. The Bertz CT molecular complexity index is 371. The Kier molecular flexibility index (Phi) is 3.85. The third-order valence-electron chi connectivity index (χ3n) is 3.52. The summed E-state index contributed by atoms with van der Waals surface area (Å²) in [5.41, 5.74) is 3.40. The largest absolute Gasteiger partial charge is 0.319 e. The second kappa shape index (κ2) is 5.19. The molecule has 0 aliphatic carbocycles. The molecule has 0 saturated carbocycles. The molecule has 1 aliphatic rings. The van der Waals surface area contributed by atoms with E-state index in [1.54, 1.807) is 0 Å². The van der Waals surface area contributed by atoms with Crippen LogP contribution in [0.5, 0.6) is 0 Å². The maximum absolute atomic E-state index is 3.29. The Hall–Kier alpha value is -0.860. The highest BCUT2D eigenvalue weighted by atomic mass is 15.1. The van der Waals surface area contributed by atoms with Crippen molar-refractivity contribution in [1.29, 1.82) is 0 Å². The van der Waals surface area contributed by atoms with Gasteiger partial charge in [0, 0.05) is 26.2 Å². The molecule has 2 nitrogen and oxygen atoms in total. The van der Waals surface area contributed by atoms with Crippen molar-refractivity contribution in [2.45, 2.75) is 26.8 Å². The Balaban J connectivity index is 1.98. The van der Waals surface area contributed by atoms with Crippen LogP contribution in [0, 0.1) is 5.41 Å². The number of nitrogens with one attached hydrogen (secondary N) is 1. The normalized spacial score (nSPS) is 16.9. The van der Waals surface area contributed by atoms with E-state index in [0.717, 1.165) is 13.1 Å². The van der Waals surface area contributed by atoms with Gasteiger partial charge in [-0.2, -0.15) is 0 Å². The van der Waals surface area contributed by atoms with E-state index in [-0.39, 0.29) is 0 Å². The first-order valence-electron chi connectivity index (χ1n) is 6.54. The molecule has 1 heterocycles. The quantitative estimate of drug-likeness (QED) is 0.857. The lowest BCUT2D eigenvalue weighted by molar-refractivity contribution is 0.163. The van der Waals surface area contributed by atoms with Gasteiger partial charge in [0.25, 0.3) is 0 Å². The minimum atomic E-state index is 0.348. The second-order valence-electron chi connectivity index (χ2n) is 5.92. The molecular weight excluding hydrogens is 208 g/mol. The average Bonchev–Trinajstić information content (AvgIpc) is 2.28. The zero-order chi connectivity index (χ0) is 12.3. The summed E-state index contributed by atoms with van der Waals surface area (Å²) in [6.45, 7) is 9.23. The van der Waals surface area contributed by atoms with Crippen LogP contribution in [0.3, 0.4) is 0 Å². The molecule has 1 aliphatic heterocycles. The molecule has 94 valence electrons. The molecule has 2 heteroatoms. The van der Waals surface area contributed by atoms with E-state index in [0.29, 0.717) is 5.41 Å². The van der Waals surface area contributed by atoms with Gasteiger partial charge in [0.1, 0.15) is 0 Å². The summed E-state index contributed by atoms with van der Waals surface area (Å²) in [4.78, 5) is 2.58. The minimum Gasteiger partial charge on any atom is -0.319 e. The summed E-state index contributed by atoms with van der Waals surface area (Å²) in [6.07, 6.45) is 1.20. The molecule has 0 unspecified atom stereocenters. The van der Waals surface area contributed by atoms with Crippen molar-refractivity contribution in [2.24, 2.45) is 5.41 Å². The van der Waals surface area contributed by atoms with Gasteiger partial charge in [0.2, 0.25) is 0 Å². The second-order valence-corrected chi connectivity index (χ2v) is 5.92. The zero-order valence-electron chi connectivity index (χ0n) is 11.3. The molecular formula is C15H24N2. The molecule has 2 rings (SSSR count). The van der Waals surface area contributed by atoms with Crippen LogP contribution in [-0.2, 0) is 13.0 Å². The number of hydrogen-bond donors (Lipinski definition) is 1. The monoisotopic (exact) mass is 232 g/mol. The minimum absolute atomic E-state index is 0.348. The van der Waals surface area contributed by atoms with E-state index in [1.165, 1.54) is 30.6 Å². The van der Waals surface area contributed by atoms with Crippen molar-refractivity contribution in [1.82, 2.24) is 10.2 Å². The number of nitrogens with zero attached hydrogens (tertiary/aromatic N) is 1. The Morgan fingerprint density at radius 1 is 1.24 bits per heavy atom. The van der Waals surface area contributed by atoms with Gasteiger partial charge in [-0.05, 0) is 30.0 Å². The van der Waals surface area contributed by atoms with Crippen molar-refractivity contribution in [3.8, 4) is 0 Å². The van der Waals surface area contributed by atoms with Crippen LogP contribution in [0.1, 0.15) is 25.0 Å². The SMILES string of the molecule is CNCC(C)(C)CN1CCc2ccccc2C1. The van der Waals surface area contributed by atoms with Crippen LogP contribution < -0.4 is 5.32 Å². The molecule has 0 radical (unpaired) electrons. The summed E-state index contributed by atoms with van der Waals surface area (Å²) in [7, 11) is 2.03. The first kappa shape index (κ1) is 12.6. The van der Waals surface area contributed by atoms with Gasteiger partial charge in [-0.1, -0.05) is 38.1 Å². The Morgan fingerprint density at radius 3 is 2.65 bits per heavy atom. The molecule has 17 heavy (non-hydrogen) atoms. The molecule has 0 amide bonds. The predicted molar refractivity (Wildman–Crippen MR) is 73.1 cm³/mol. The van der Waals surface area contributed by atoms with E-state index in [9.17, 15) is 0 Å². The first-order valence-corrected chi connectivity index (χ1v) is 6.54. The maximum atomic E-state index is 3.29. The highest BCUT2D eigenvalue weighted by Gasteiger charge is 2.23. The van der Waals surface area contributed by atoms with Gasteiger partial charge in [0.05, 0.1) is 0 Å². The lowest BCUT2D eigenvalue weighted by Crippen LogP contribution is -2.41. The summed E-state index contributed by atoms with van der Waals surface area (Å²) in [6, 6.07) is 8.85. The maximum Gasteiger partial charge on any atom is 0.0236 e. The van der Waals surface area contributed by atoms with E-state index >= 15 is 0 Å². The van der Waals surface area contributed by atoms with E-state index in [2.05, 4.69) is 48.3 Å². The fourth-order valence-corrected chi connectivity index (χ4v) is 2.83.